The monoisotopic (exact) mass is 514 g/mol. The van der Waals surface area contributed by atoms with E-state index in [0.29, 0.717) is 40.6 Å². The molecule has 1 aromatic carbocycles. The van der Waals surface area contributed by atoms with Gasteiger partial charge in [0.15, 0.2) is 11.0 Å². The van der Waals surface area contributed by atoms with E-state index in [1.54, 1.807) is 12.1 Å². The number of carbonyl (C=O) groups is 2. The van der Waals surface area contributed by atoms with Gasteiger partial charge in [-0.05, 0) is 42.7 Å². The van der Waals surface area contributed by atoms with Gasteiger partial charge < -0.3 is 14.8 Å². The molecule has 3 rings (SSSR count). The van der Waals surface area contributed by atoms with Gasteiger partial charge in [-0.15, -0.1) is 28.1 Å². The molecule has 0 saturated carbocycles. The molecule has 1 amide bonds. The van der Waals surface area contributed by atoms with Crippen molar-refractivity contribution in [2.45, 2.75) is 38.9 Å². The summed E-state index contributed by atoms with van der Waals surface area (Å²) in [4.78, 5) is 25.7. The van der Waals surface area contributed by atoms with Crippen molar-refractivity contribution >= 4 is 40.0 Å². The number of rotatable bonds is 12. The zero-order chi connectivity index (χ0) is 25.4. The van der Waals surface area contributed by atoms with E-state index in [2.05, 4.69) is 35.9 Å². The van der Waals surface area contributed by atoms with E-state index < -0.39 is 5.97 Å². The van der Waals surface area contributed by atoms with Crippen molar-refractivity contribution in [3.63, 3.8) is 0 Å². The minimum Gasteiger partial charge on any atom is -0.493 e. The summed E-state index contributed by atoms with van der Waals surface area (Å²) in [6.45, 7) is 11.2. The van der Waals surface area contributed by atoms with Gasteiger partial charge in [0.2, 0.25) is 5.91 Å². The average Bonchev–Trinajstić information content (AvgIpc) is 3.45. The summed E-state index contributed by atoms with van der Waals surface area (Å²) in [6, 6.07) is 9.46. The normalized spacial score (nSPS) is 10.9. The van der Waals surface area contributed by atoms with E-state index in [-0.39, 0.29) is 11.7 Å². The fourth-order valence-corrected chi connectivity index (χ4v) is 4.88. The number of aryl methyl sites for hydroxylation is 1. The molecule has 0 aliphatic heterocycles. The van der Waals surface area contributed by atoms with Crippen molar-refractivity contribution in [3.05, 3.63) is 53.4 Å². The average molecular weight is 515 g/mol. The highest BCUT2D eigenvalue weighted by molar-refractivity contribution is 7.99. The molecule has 0 radical (unpaired) electrons. The molecule has 0 saturated heterocycles. The molecule has 3 aromatic rings. The van der Waals surface area contributed by atoms with Crippen LogP contribution in [0.1, 0.15) is 36.0 Å². The Hall–Kier alpha value is -3.11. The molecule has 1 N–H and O–H groups in total. The van der Waals surface area contributed by atoms with Gasteiger partial charge in [0.05, 0.1) is 25.0 Å². The zero-order valence-corrected chi connectivity index (χ0v) is 22.0. The van der Waals surface area contributed by atoms with E-state index in [9.17, 15) is 9.59 Å². The lowest BCUT2D eigenvalue weighted by atomic mass is 10.2. The Labute approximate surface area is 213 Å². The van der Waals surface area contributed by atoms with E-state index in [1.807, 2.05) is 35.8 Å². The number of benzene rings is 1. The maximum absolute atomic E-state index is 12.7. The number of amides is 1. The van der Waals surface area contributed by atoms with Crippen molar-refractivity contribution in [2.75, 3.05) is 24.8 Å². The number of aromatic nitrogens is 3. The van der Waals surface area contributed by atoms with Crippen LogP contribution in [-0.4, -0.2) is 46.1 Å². The molecule has 2 heterocycles. The quantitative estimate of drug-likeness (QED) is 0.199. The van der Waals surface area contributed by atoms with Gasteiger partial charge in [-0.3, -0.25) is 9.36 Å². The molecule has 8 nitrogen and oxygen atoms in total. The minimum atomic E-state index is -0.472. The van der Waals surface area contributed by atoms with Gasteiger partial charge in [0.1, 0.15) is 10.8 Å². The predicted octanol–water partition coefficient (Wildman–Crippen LogP) is 5.31. The van der Waals surface area contributed by atoms with Crippen LogP contribution < -0.4 is 10.1 Å². The number of nitrogens with one attached hydrogen (secondary N) is 1. The number of thiophene rings is 1. The molecule has 2 aromatic heterocycles. The Balaban J connectivity index is 1.70. The second kappa shape index (κ2) is 12.6. The third-order valence-corrected chi connectivity index (χ3v) is 7.01. The number of methoxy groups -OCH3 is 1. The number of thioether (sulfide) groups is 1. The lowest BCUT2D eigenvalue weighted by Crippen LogP contribution is -2.16. The van der Waals surface area contributed by atoms with Crippen LogP contribution in [0.5, 0.6) is 5.75 Å². The van der Waals surface area contributed by atoms with Gasteiger partial charge in [-0.2, -0.15) is 0 Å². The number of hydrogen-bond acceptors (Lipinski definition) is 8. The van der Waals surface area contributed by atoms with E-state index in [1.165, 1.54) is 30.2 Å². The Bertz CT molecular complexity index is 1170. The van der Waals surface area contributed by atoms with Crippen LogP contribution in [0, 0.1) is 5.92 Å². The first-order valence-electron chi connectivity index (χ1n) is 11.3. The summed E-state index contributed by atoms with van der Waals surface area (Å²) in [6.07, 6.45) is 2.52. The van der Waals surface area contributed by atoms with Crippen LogP contribution >= 0.6 is 23.1 Å². The number of anilines is 1. The molecule has 10 heteroatoms. The summed E-state index contributed by atoms with van der Waals surface area (Å²) in [5, 5.41) is 12.6. The smallest absolute Gasteiger partial charge is 0.340 e. The highest BCUT2D eigenvalue weighted by Crippen LogP contribution is 2.30. The molecule has 0 fully saturated rings. The Morgan fingerprint density at radius 1 is 1.26 bits per heavy atom. The van der Waals surface area contributed by atoms with Crippen molar-refractivity contribution in [1.29, 1.82) is 0 Å². The Morgan fingerprint density at radius 2 is 2.00 bits per heavy atom. The van der Waals surface area contributed by atoms with Crippen molar-refractivity contribution in [2.24, 2.45) is 5.92 Å². The Morgan fingerprint density at radius 3 is 2.63 bits per heavy atom. The molecular weight excluding hydrogens is 484 g/mol. The van der Waals surface area contributed by atoms with Crippen LogP contribution in [0.25, 0.3) is 11.4 Å². The minimum absolute atomic E-state index is 0.108. The molecule has 0 atom stereocenters. The largest absolute Gasteiger partial charge is 0.493 e. The molecule has 0 spiro atoms. The van der Waals surface area contributed by atoms with Crippen molar-refractivity contribution in [3.8, 4) is 17.1 Å². The molecule has 0 aliphatic rings. The van der Waals surface area contributed by atoms with Gasteiger partial charge in [-0.25, -0.2) is 4.79 Å². The lowest BCUT2D eigenvalue weighted by Gasteiger charge is -2.10. The van der Waals surface area contributed by atoms with E-state index in [4.69, 9.17) is 9.47 Å². The molecule has 35 heavy (non-hydrogen) atoms. The maximum Gasteiger partial charge on any atom is 0.340 e. The first-order chi connectivity index (χ1) is 16.9. The third kappa shape index (κ3) is 6.95. The third-order valence-electron chi connectivity index (χ3n) is 4.85. The second-order valence-electron chi connectivity index (χ2n) is 8.07. The topological polar surface area (TPSA) is 95.3 Å². The van der Waals surface area contributed by atoms with E-state index >= 15 is 0 Å². The lowest BCUT2D eigenvalue weighted by molar-refractivity contribution is -0.113. The molecule has 0 aliphatic carbocycles. The summed E-state index contributed by atoms with van der Waals surface area (Å²) in [5.74, 6) is 1.32. The number of carbonyl (C=O) groups excluding carboxylic acids is 2. The standard InChI is InChI=1S/C25H30N4O4S2/c1-6-12-29-22(17-8-10-18(11-9-17)33-14-16(3)4)27-28-25(29)34-15-21(30)26-23-20(24(31)32-5)13-19(7-2)35-23/h6,8-11,13,16H,1,7,12,14-15H2,2-5H3,(H,26,30). The summed E-state index contributed by atoms with van der Waals surface area (Å²) in [7, 11) is 1.32. The van der Waals surface area contributed by atoms with Crippen LogP contribution in [0.15, 0.2) is 48.1 Å². The van der Waals surface area contributed by atoms with Gasteiger partial charge in [0.25, 0.3) is 0 Å². The molecule has 0 unspecified atom stereocenters. The van der Waals surface area contributed by atoms with Crippen molar-refractivity contribution in [1.82, 2.24) is 14.8 Å². The number of nitrogens with zero attached hydrogens (tertiary/aromatic N) is 3. The van der Waals surface area contributed by atoms with Gasteiger partial charge in [-0.1, -0.05) is 38.6 Å². The molecular formula is C25H30N4O4S2. The maximum atomic E-state index is 12.7. The van der Waals surface area contributed by atoms with Crippen LogP contribution in [0.2, 0.25) is 0 Å². The first-order valence-corrected chi connectivity index (χ1v) is 13.1. The highest BCUT2D eigenvalue weighted by Gasteiger charge is 2.19. The van der Waals surface area contributed by atoms with Crippen LogP contribution in [0.3, 0.4) is 0 Å². The number of allylic oxidation sites excluding steroid dienone is 1. The summed E-state index contributed by atoms with van der Waals surface area (Å²) < 4.78 is 12.5. The van der Waals surface area contributed by atoms with Gasteiger partial charge >= 0.3 is 5.97 Å². The Kier molecular flexibility index (Phi) is 9.50. The van der Waals surface area contributed by atoms with Gasteiger partial charge in [0, 0.05) is 17.0 Å². The van der Waals surface area contributed by atoms with E-state index in [0.717, 1.165) is 22.6 Å². The second-order valence-corrected chi connectivity index (χ2v) is 10.2. The molecule has 186 valence electrons. The predicted molar refractivity (Wildman–Crippen MR) is 140 cm³/mol. The fourth-order valence-electron chi connectivity index (χ4n) is 3.13. The van der Waals surface area contributed by atoms with Crippen molar-refractivity contribution < 1.29 is 19.1 Å². The summed E-state index contributed by atoms with van der Waals surface area (Å²) in [5.41, 5.74) is 1.26. The fraction of sp³-hybridized carbons (Fsp3) is 0.360. The van der Waals surface area contributed by atoms with Crippen LogP contribution in [-0.2, 0) is 22.5 Å². The van der Waals surface area contributed by atoms with Crippen LogP contribution in [0.4, 0.5) is 5.00 Å². The summed E-state index contributed by atoms with van der Waals surface area (Å²) >= 11 is 2.64. The SMILES string of the molecule is C=CCn1c(SCC(=O)Nc2sc(CC)cc2C(=O)OC)nnc1-c1ccc(OCC(C)C)cc1. The number of ether oxygens (including phenoxy) is 2. The highest BCUT2D eigenvalue weighted by atomic mass is 32.2. The first kappa shape index (κ1) is 26.5. The zero-order valence-electron chi connectivity index (χ0n) is 20.4. The molecule has 0 bridgehead atoms. The number of esters is 1. The number of hydrogen-bond donors (Lipinski definition) is 1.